The average Bonchev–Trinajstić information content (AvgIpc) is 2.56. The fourth-order valence-electron chi connectivity index (χ4n) is 2.00. The molecule has 0 saturated heterocycles. The van der Waals surface area contributed by atoms with Crippen LogP contribution in [0.3, 0.4) is 0 Å². The highest BCUT2D eigenvalue weighted by Gasteiger charge is 2.16. The van der Waals surface area contributed by atoms with Crippen LogP contribution in [0.25, 0.3) is 0 Å². The van der Waals surface area contributed by atoms with Crippen LogP contribution in [0.5, 0.6) is 0 Å². The van der Waals surface area contributed by atoms with E-state index < -0.39 is 28.2 Å². The van der Waals surface area contributed by atoms with Crippen molar-refractivity contribution in [3.05, 3.63) is 58.3 Å². The zero-order valence-electron chi connectivity index (χ0n) is 12.7. The lowest BCUT2D eigenvalue weighted by atomic mass is 10.3. The number of nitrogens with one attached hydrogen (secondary N) is 1. The molecule has 0 aliphatic rings. The van der Waals surface area contributed by atoms with E-state index in [0.29, 0.717) is 12.4 Å². The second-order valence-electron chi connectivity index (χ2n) is 4.79. The Bertz CT molecular complexity index is 733. The Kier molecular flexibility index (Phi) is 5.35. The van der Waals surface area contributed by atoms with Crippen LogP contribution < -0.4 is 10.2 Å². The van der Waals surface area contributed by atoms with Crippen LogP contribution in [-0.2, 0) is 4.79 Å². The summed E-state index contributed by atoms with van der Waals surface area (Å²) in [6.45, 7) is 1.91. The van der Waals surface area contributed by atoms with Crippen molar-refractivity contribution in [1.29, 1.82) is 0 Å². The number of benzene rings is 1. The Morgan fingerprint density at radius 1 is 1.29 bits per heavy atom. The molecule has 1 N–H and O–H groups in total. The van der Waals surface area contributed by atoms with Gasteiger partial charge in [-0.25, -0.2) is 13.8 Å². The van der Waals surface area contributed by atoms with Crippen LogP contribution in [0.4, 0.5) is 26.0 Å². The number of amides is 1. The third kappa shape index (κ3) is 4.00. The van der Waals surface area contributed by atoms with Gasteiger partial charge in [-0.2, -0.15) is 0 Å². The van der Waals surface area contributed by atoms with Crippen LogP contribution in [0.1, 0.15) is 6.92 Å². The fraction of sp³-hybridized carbons (Fsp3) is 0.200. The van der Waals surface area contributed by atoms with Gasteiger partial charge in [0, 0.05) is 12.6 Å². The summed E-state index contributed by atoms with van der Waals surface area (Å²) in [5.74, 6) is -2.05. The second-order valence-corrected chi connectivity index (χ2v) is 4.79. The molecule has 0 radical (unpaired) electrons. The molecule has 126 valence electrons. The number of rotatable bonds is 6. The van der Waals surface area contributed by atoms with Gasteiger partial charge in [0.25, 0.3) is 5.69 Å². The molecular weight excluding hydrogens is 322 g/mol. The SMILES string of the molecule is CCN(CC(=O)Nc1c(F)cccc1F)c1ccc([N+](=O)[O-])cn1. The van der Waals surface area contributed by atoms with E-state index in [4.69, 9.17) is 0 Å². The number of carbonyl (C=O) groups excluding carboxylic acids is 1. The summed E-state index contributed by atoms with van der Waals surface area (Å²) in [6, 6.07) is 5.93. The van der Waals surface area contributed by atoms with Crippen molar-refractivity contribution in [3.63, 3.8) is 0 Å². The van der Waals surface area contributed by atoms with Gasteiger partial charge in [0.05, 0.1) is 11.5 Å². The quantitative estimate of drug-likeness (QED) is 0.647. The van der Waals surface area contributed by atoms with E-state index in [1.807, 2.05) is 0 Å². The lowest BCUT2D eigenvalue weighted by Crippen LogP contribution is -2.34. The lowest BCUT2D eigenvalue weighted by molar-refractivity contribution is -0.385. The molecular formula is C15H14F2N4O3. The van der Waals surface area contributed by atoms with Gasteiger partial charge in [0.15, 0.2) is 0 Å². The Labute approximate surface area is 136 Å². The number of likely N-dealkylation sites (N-methyl/N-ethyl adjacent to an activating group) is 1. The van der Waals surface area contributed by atoms with Crippen LogP contribution in [0.2, 0.25) is 0 Å². The van der Waals surface area contributed by atoms with Gasteiger partial charge in [-0.15, -0.1) is 0 Å². The van der Waals surface area contributed by atoms with Crippen molar-refractivity contribution >= 4 is 23.1 Å². The van der Waals surface area contributed by atoms with Crippen molar-refractivity contribution in [2.75, 3.05) is 23.3 Å². The number of anilines is 2. The molecule has 7 nitrogen and oxygen atoms in total. The van der Waals surface area contributed by atoms with Gasteiger partial charge in [-0.1, -0.05) is 6.07 Å². The Hall–Kier alpha value is -3.10. The van der Waals surface area contributed by atoms with E-state index >= 15 is 0 Å². The third-order valence-corrected chi connectivity index (χ3v) is 3.21. The number of nitrogens with zero attached hydrogens (tertiary/aromatic N) is 3. The van der Waals surface area contributed by atoms with Crippen molar-refractivity contribution in [2.24, 2.45) is 0 Å². The van der Waals surface area contributed by atoms with Crippen molar-refractivity contribution in [2.45, 2.75) is 6.92 Å². The number of nitro groups is 1. The second kappa shape index (κ2) is 7.44. The Morgan fingerprint density at radius 3 is 2.46 bits per heavy atom. The largest absolute Gasteiger partial charge is 0.348 e. The van der Waals surface area contributed by atoms with Gasteiger partial charge in [-0.3, -0.25) is 14.9 Å². The van der Waals surface area contributed by atoms with Crippen LogP contribution in [0.15, 0.2) is 36.5 Å². The molecule has 0 saturated carbocycles. The number of para-hydroxylation sites is 1. The van der Waals surface area contributed by atoms with Gasteiger partial charge in [-0.05, 0) is 25.1 Å². The van der Waals surface area contributed by atoms with Gasteiger partial charge < -0.3 is 10.2 Å². The molecule has 1 heterocycles. The van der Waals surface area contributed by atoms with E-state index in [2.05, 4.69) is 10.3 Å². The summed E-state index contributed by atoms with van der Waals surface area (Å²) in [4.78, 5) is 27.5. The van der Waals surface area contributed by atoms with E-state index in [9.17, 15) is 23.7 Å². The molecule has 1 aromatic heterocycles. The molecule has 0 fully saturated rings. The fourth-order valence-corrected chi connectivity index (χ4v) is 2.00. The third-order valence-electron chi connectivity index (χ3n) is 3.21. The number of hydrogen-bond donors (Lipinski definition) is 1. The minimum Gasteiger partial charge on any atom is -0.348 e. The first kappa shape index (κ1) is 17.3. The first-order valence-corrected chi connectivity index (χ1v) is 7.01. The highest BCUT2D eigenvalue weighted by atomic mass is 19.1. The van der Waals surface area contributed by atoms with Crippen molar-refractivity contribution in [3.8, 4) is 0 Å². The van der Waals surface area contributed by atoms with Crippen LogP contribution in [-0.4, -0.2) is 28.9 Å². The van der Waals surface area contributed by atoms with E-state index in [1.54, 1.807) is 6.92 Å². The molecule has 2 aromatic rings. The maximum absolute atomic E-state index is 13.5. The standard InChI is InChI=1S/C15H14F2N4O3/c1-2-20(13-7-6-10(8-18-13)21(23)24)9-14(22)19-15-11(16)4-3-5-12(15)17/h3-8H,2,9H2,1H3,(H,19,22). The summed E-state index contributed by atoms with van der Waals surface area (Å²) in [7, 11) is 0. The normalized spacial score (nSPS) is 10.3. The predicted molar refractivity (Wildman–Crippen MR) is 83.8 cm³/mol. The number of carbonyl (C=O) groups is 1. The summed E-state index contributed by atoms with van der Waals surface area (Å²) in [6.07, 6.45) is 1.08. The molecule has 2 rings (SSSR count). The van der Waals surface area contributed by atoms with E-state index in [0.717, 1.165) is 18.3 Å². The van der Waals surface area contributed by atoms with Gasteiger partial charge >= 0.3 is 0 Å². The smallest absolute Gasteiger partial charge is 0.287 e. The number of pyridine rings is 1. The van der Waals surface area contributed by atoms with Crippen LogP contribution >= 0.6 is 0 Å². The molecule has 0 atom stereocenters. The Balaban J connectivity index is 2.09. The highest BCUT2D eigenvalue weighted by molar-refractivity contribution is 5.94. The van der Waals surface area contributed by atoms with Gasteiger partial charge in [0.2, 0.25) is 5.91 Å². The summed E-state index contributed by atoms with van der Waals surface area (Å²) in [5, 5.41) is 12.8. The molecule has 0 spiro atoms. The molecule has 0 bridgehead atoms. The summed E-state index contributed by atoms with van der Waals surface area (Å²) in [5.41, 5.74) is -0.692. The zero-order valence-corrected chi connectivity index (χ0v) is 12.7. The topological polar surface area (TPSA) is 88.4 Å². The number of halogens is 2. The minimum atomic E-state index is -0.875. The molecule has 1 amide bonds. The van der Waals surface area contributed by atoms with Crippen molar-refractivity contribution in [1.82, 2.24) is 4.98 Å². The van der Waals surface area contributed by atoms with E-state index in [-0.39, 0.29) is 12.2 Å². The molecule has 0 aliphatic heterocycles. The molecule has 24 heavy (non-hydrogen) atoms. The average molecular weight is 336 g/mol. The monoisotopic (exact) mass is 336 g/mol. The van der Waals surface area contributed by atoms with Gasteiger partial charge in [0.1, 0.15) is 29.3 Å². The van der Waals surface area contributed by atoms with Crippen LogP contribution in [0, 0.1) is 21.7 Å². The predicted octanol–water partition coefficient (Wildman–Crippen LogP) is 2.73. The van der Waals surface area contributed by atoms with Crippen molar-refractivity contribution < 1.29 is 18.5 Å². The summed E-state index contributed by atoms with van der Waals surface area (Å²) >= 11 is 0. The first-order valence-electron chi connectivity index (χ1n) is 7.01. The molecule has 0 aliphatic carbocycles. The number of aromatic nitrogens is 1. The Morgan fingerprint density at radius 2 is 1.96 bits per heavy atom. The lowest BCUT2D eigenvalue weighted by Gasteiger charge is -2.21. The number of hydrogen-bond acceptors (Lipinski definition) is 5. The molecule has 1 aromatic carbocycles. The maximum atomic E-state index is 13.5. The highest BCUT2D eigenvalue weighted by Crippen LogP contribution is 2.19. The minimum absolute atomic E-state index is 0.173. The first-order chi connectivity index (χ1) is 11.4. The van der Waals surface area contributed by atoms with E-state index in [1.165, 1.54) is 23.1 Å². The maximum Gasteiger partial charge on any atom is 0.287 e. The summed E-state index contributed by atoms with van der Waals surface area (Å²) < 4.78 is 27.1. The molecule has 9 heteroatoms. The zero-order chi connectivity index (χ0) is 17.7. The molecule has 0 unspecified atom stereocenters.